The number of hydrogen-bond acceptors (Lipinski definition) is 4. The van der Waals surface area contributed by atoms with Crippen LogP contribution in [0.2, 0.25) is 0 Å². The summed E-state index contributed by atoms with van der Waals surface area (Å²) in [4.78, 5) is 18.0. The van der Waals surface area contributed by atoms with Crippen LogP contribution in [-0.2, 0) is 23.7 Å². The third-order valence-electron chi connectivity index (χ3n) is 4.84. The number of alkyl halides is 6. The highest BCUT2D eigenvalue weighted by atomic mass is 19.4. The van der Waals surface area contributed by atoms with Gasteiger partial charge in [-0.05, 0) is 41.5 Å². The molecule has 3 aromatic rings. The van der Waals surface area contributed by atoms with Crippen LogP contribution in [0.3, 0.4) is 0 Å². The van der Waals surface area contributed by atoms with Crippen molar-refractivity contribution < 1.29 is 40.7 Å². The molecule has 0 saturated carbocycles. The zero-order valence-corrected chi connectivity index (χ0v) is 18.0. The molecule has 0 N–H and O–H groups in total. The predicted octanol–water partition coefficient (Wildman–Crippen LogP) is 6.60. The van der Waals surface area contributed by atoms with Crippen molar-refractivity contribution >= 4 is 5.97 Å². The standard InChI is InChI=1S/C24H19F6NO3/c1-31(14-15-11-16(23(25,26)27)13-17(12-15)24(28,29)30)34-22(32)20-9-4-3-7-18(20)19-8-5-6-10-21(19)33-2/h3-13H,14H2,1-2H3. The Morgan fingerprint density at radius 3 is 1.91 bits per heavy atom. The molecule has 0 aliphatic rings. The number of para-hydroxylation sites is 1. The van der Waals surface area contributed by atoms with Crippen molar-refractivity contribution in [3.8, 4) is 16.9 Å². The van der Waals surface area contributed by atoms with Crippen LogP contribution >= 0.6 is 0 Å². The molecule has 0 fully saturated rings. The molecule has 0 atom stereocenters. The molecule has 0 saturated heterocycles. The Hall–Kier alpha value is -3.53. The maximum absolute atomic E-state index is 13.1. The van der Waals surface area contributed by atoms with Gasteiger partial charge in [-0.15, -0.1) is 5.06 Å². The average molecular weight is 483 g/mol. The summed E-state index contributed by atoms with van der Waals surface area (Å²) in [6, 6.07) is 14.6. The fraction of sp³-hybridized carbons (Fsp3) is 0.208. The van der Waals surface area contributed by atoms with Crippen LogP contribution in [0.5, 0.6) is 5.75 Å². The SMILES string of the molecule is COc1ccccc1-c1ccccc1C(=O)ON(C)Cc1cc(C(F)(F)F)cc(C(F)(F)F)c1. The van der Waals surface area contributed by atoms with E-state index in [9.17, 15) is 31.1 Å². The summed E-state index contributed by atoms with van der Waals surface area (Å²) in [5.41, 5.74) is -1.99. The summed E-state index contributed by atoms with van der Waals surface area (Å²) in [7, 11) is 2.70. The van der Waals surface area contributed by atoms with E-state index in [4.69, 9.17) is 9.57 Å². The lowest BCUT2D eigenvalue weighted by atomic mass is 9.99. The van der Waals surface area contributed by atoms with Crippen LogP contribution in [0, 0.1) is 0 Å². The van der Waals surface area contributed by atoms with Crippen molar-refractivity contribution in [3.05, 3.63) is 89.0 Å². The number of methoxy groups -OCH3 is 1. The Bertz CT molecular complexity index is 1140. The lowest BCUT2D eigenvalue weighted by Crippen LogP contribution is -2.24. The minimum atomic E-state index is -4.97. The van der Waals surface area contributed by atoms with Gasteiger partial charge in [-0.25, -0.2) is 4.79 Å². The molecule has 180 valence electrons. The molecule has 10 heteroatoms. The van der Waals surface area contributed by atoms with Gasteiger partial charge in [0.15, 0.2) is 0 Å². The largest absolute Gasteiger partial charge is 0.496 e. The van der Waals surface area contributed by atoms with E-state index in [0.717, 1.165) is 5.06 Å². The lowest BCUT2D eigenvalue weighted by Gasteiger charge is -2.20. The van der Waals surface area contributed by atoms with Crippen molar-refractivity contribution in [2.45, 2.75) is 18.9 Å². The molecule has 3 aromatic carbocycles. The molecule has 0 heterocycles. The second kappa shape index (κ2) is 9.76. The zero-order valence-electron chi connectivity index (χ0n) is 18.0. The minimum Gasteiger partial charge on any atom is -0.496 e. The molecule has 0 aliphatic heterocycles. The second-order valence-corrected chi connectivity index (χ2v) is 7.32. The first-order valence-corrected chi connectivity index (χ1v) is 9.84. The fourth-order valence-electron chi connectivity index (χ4n) is 3.35. The van der Waals surface area contributed by atoms with E-state index in [1.165, 1.54) is 20.2 Å². The molecule has 4 nitrogen and oxygen atoms in total. The predicted molar refractivity (Wildman–Crippen MR) is 112 cm³/mol. The first kappa shape index (κ1) is 25.1. The average Bonchev–Trinajstić information content (AvgIpc) is 2.77. The maximum atomic E-state index is 13.1. The molecular weight excluding hydrogens is 464 g/mol. The van der Waals surface area contributed by atoms with Gasteiger partial charge in [0.2, 0.25) is 0 Å². The summed E-state index contributed by atoms with van der Waals surface area (Å²) in [6.07, 6.45) is -9.95. The van der Waals surface area contributed by atoms with Gasteiger partial charge in [0, 0.05) is 12.6 Å². The fourth-order valence-corrected chi connectivity index (χ4v) is 3.35. The van der Waals surface area contributed by atoms with Gasteiger partial charge >= 0.3 is 18.3 Å². The monoisotopic (exact) mass is 483 g/mol. The highest BCUT2D eigenvalue weighted by molar-refractivity contribution is 5.98. The van der Waals surface area contributed by atoms with Gasteiger partial charge in [0.05, 0.1) is 30.3 Å². The first-order chi connectivity index (χ1) is 15.9. The van der Waals surface area contributed by atoms with E-state index in [-0.39, 0.29) is 17.2 Å². The third kappa shape index (κ3) is 5.88. The van der Waals surface area contributed by atoms with E-state index in [1.54, 1.807) is 42.5 Å². The summed E-state index contributed by atoms with van der Waals surface area (Å²) in [5, 5.41) is 0.872. The number of halogens is 6. The van der Waals surface area contributed by atoms with E-state index in [0.29, 0.717) is 29.0 Å². The van der Waals surface area contributed by atoms with Crippen molar-refractivity contribution in [1.29, 1.82) is 0 Å². The quantitative estimate of drug-likeness (QED) is 0.292. The summed E-state index contributed by atoms with van der Waals surface area (Å²) in [5.74, 6) is -0.341. The maximum Gasteiger partial charge on any atom is 0.416 e. The van der Waals surface area contributed by atoms with Gasteiger partial charge in [0.1, 0.15) is 5.75 Å². The normalized spacial score (nSPS) is 12.0. The van der Waals surface area contributed by atoms with Crippen LogP contribution in [0.4, 0.5) is 26.3 Å². The molecule has 0 aromatic heterocycles. The Kier molecular flexibility index (Phi) is 7.21. The van der Waals surface area contributed by atoms with Gasteiger partial charge < -0.3 is 9.57 Å². The molecule has 0 aliphatic carbocycles. The van der Waals surface area contributed by atoms with Crippen LogP contribution < -0.4 is 4.74 Å². The number of ether oxygens (including phenoxy) is 1. The minimum absolute atomic E-state index is 0.0407. The van der Waals surface area contributed by atoms with Gasteiger partial charge in [0.25, 0.3) is 0 Å². The van der Waals surface area contributed by atoms with E-state index >= 15 is 0 Å². The zero-order chi connectivity index (χ0) is 25.1. The van der Waals surface area contributed by atoms with Gasteiger partial charge in [-0.1, -0.05) is 36.4 Å². The summed E-state index contributed by atoms with van der Waals surface area (Å²) < 4.78 is 83.9. The lowest BCUT2D eigenvalue weighted by molar-refractivity contribution is -0.143. The van der Waals surface area contributed by atoms with Crippen molar-refractivity contribution in [2.24, 2.45) is 0 Å². The number of carbonyl (C=O) groups is 1. The van der Waals surface area contributed by atoms with Crippen molar-refractivity contribution in [3.63, 3.8) is 0 Å². The van der Waals surface area contributed by atoms with Crippen LogP contribution in [0.25, 0.3) is 11.1 Å². The van der Waals surface area contributed by atoms with E-state index in [1.807, 2.05) is 0 Å². The Balaban J connectivity index is 1.86. The van der Waals surface area contributed by atoms with Crippen LogP contribution in [0.1, 0.15) is 27.0 Å². The number of nitrogens with zero attached hydrogens (tertiary/aromatic N) is 1. The molecule has 0 bridgehead atoms. The molecule has 3 rings (SSSR count). The second-order valence-electron chi connectivity index (χ2n) is 7.32. The summed E-state index contributed by atoms with van der Waals surface area (Å²) in [6.45, 7) is -0.504. The molecule has 0 spiro atoms. The Morgan fingerprint density at radius 1 is 0.824 bits per heavy atom. The highest BCUT2D eigenvalue weighted by Crippen LogP contribution is 2.37. The topological polar surface area (TPSA) is 38.8 Å². The number of benzene rings is 3. The van der Waals surface area contributed by atoms with Gasteiger partial charge in [-0.3, -0.25) is 0 Å². The van der Waals surface area contributed by atoms with Crippen LogP contribution in [-0.4, -0.2) is 25.2 Å². The molecular formula is C24H19F6NO3. The molecule has 34 heavy (non-hydrogen) atoms. The number of carbonyl (C=O) groups excluding carboxylic acids is 1. The highest BCUT2D eigenvalue weighted by Gasteiger charge is 2.37. The van der Waals surface area contributed by atoms with Crippen molar-refractivity contribution in [1.82, 2.24) is 5.06 Å². The Morgan fingerprint density at radius 2 is 1.35 bits per heavy atom. The van der Waals surface area contributed by atoms with E-state index in [2.05, 4.69) is 0 Å². The molecule has 0 radical (unpaired) electrons. The number of rotatable bonds is 6. The Labute approximate surface area is 191 Å². The summed E-state index contributed by atoms with van der Waals surface area (Å²) >= 11 is 0. The third-order valence-corrected chi connectivity index (χ3v) is 4.84. The van der Waals surface area contributed by atoms with Crippen molar-refractivity contribution in [2.75, 3.05) is 14.2 Å². The molecule has 0 amide bonds. The first-order valence-electron chi connectivity index (χ1n) is 9.84. The van der Waals surface area contributed by atoms with E-state index < -0.39 is 36.0 Å². The number of hydrogen-bond donors (Lipinski definition) is 0. The smallest absolute Gasteiger partial charge is 0.416 e. The van der Waals surface area contributed by atoms with Gasteiger partial charge in [-0.2, -0.15) is 26.3 Å². The number of hydroxylamine groups is 2. The van der Waals surface area contributed by atoms with Crippen LogP contribution in [0.15, 0.2) is 66.7 Å². The molecule has 0 unspecified atom stereocenters.